The van der Waals surface area contributed by atoms with Crippen molar-refractivity contribution in [2.45, 2.75) is 18.9 Å². The van der Waals surface area contributed by atoms with Gasteiger partial charge in [0.15, 0.2) is 5.69 Å². The molecule has 3 aromatic rings. The number of fused-ring (bicyclic) bond motifs is 1. The van der Waals surface area contributed by atoms with Crippen LogP contribution in [0.2, 0.25) is 0 Å². The molecule has 1 saturated heterocycles. The van der Waals surface area contributed by atoms with E-state index in [4.69, 9.17) is 9.47 Å². The molecule has 0 aliphatic carbocycles. The molecular weight excluding hydrogens is 346 g/mol. The summed E-state index contributed by atoms with van der Waals surface area (Å²) in [5, 5.41) is 10.0. The monoisotopic (exact) mass is 365 g/mol. The highest BCUT2D eigenvalue weighted by Gasteiger charge is 2.17. The fraction of sp³-hybridized carbons (Fsp3) is 0.250. The van der Waals surface area contributed by atoms with Gasteiger partial charge < -0.3 is 14.8 Å². The molecule has 138 valence electrons. The van der Waals surface area contributed by atoms with Crippen molar-refractivity contribution in [3.63, 3.8) is 0 Å². The van der Waals surface area contributed by atoms with E-state index < -0.39 is 5.91 Å². The molecule has 1 fully saturated rings. The van der Waals surface area contributed by atoms with Gasteiger partial charge in [0.1, 0.15) is 12.4 Å². The van der Waals surface area contributed by atoms with Gasteiger partial charge in [0.2, 0.25) is 0 Å². The van der Waals surface area contributed by atoms with Gasteiger partial charge in [0.25, 0.3) is 11.5 Å². The second-order valence-electron chi connectivity index (χ2n) is 6.37. The molecule has 1 unspecified atom stereocenters. The third kappa shape index (κ3) is 3.83. The van der Waals surface area contributed by atoms with E-state index in [2.05, 4.69) is 15.5 Å². The number of nitrogens with one attached hydrogen (secondary N) is 2. The van der Waals surface area contributed by atoms with E-state index in [1.54, 1.807) is 42.5 Å². The summed E-state index contributed by atoms with van der Waals surface area (Å²) in [6.45, 7) is 1.27. The second-order valence-corrected chi connectivity index (χ2v) is 6.37. The SMILES string of the molecule is O=C(Nc1cccc(OCC2CCCO2)c1)c1n[nH]c(=O)c2ccccc12. The average Bonchev–Trinajstić information content (AvgIpc) is 3.21. The second kappa shape index (κ2) is 7.59. The van der Waals surface area contributed by atoms with E-state index in [9.17, 15) is 9.59 Å². The summed E-state index contributed by atoms with van der Waals surface area (Å²) < 4.78 is 11.3. The van der Waals surface area contributed by atoms with Crippen LogP contribution in [0.1, 0.15) is 23.3 Å². The summed E-state index contributed by atoms with van der Waals surface area (Å²) in [5.74, 6) is 0.251. The van der Waals surface area contributed by atoms with E-state index in [0.29, 0.717) is 28.8 Å². The number of benzene rings is 2. The molecule has 1 aliphatic rings. The number of ether oxygens (including phenoxy) is 2. The van der Waals surface area contributed by atoms with Crippen LogP contribution in [0.15, 0.2) is 53.3 Å². The van der Waals surface area contributed by atoms with Gasteiger partial charge in [-0.3, -0.25) is 9.59 Å². The van der Waals surface area contributed by atoms with Gasteiger partial charge >= 0.3 is 0 Å². The van der Waals surface area contributed by atoms with Crippen molar-refractivity contribution in [1.82, 2.24) is 10.2 Å². The summed E-state index contributed by atoms with van der Waals surface area (Å²) in [6, 6.07) is 14.0. The van der Waals surface area contributed by atoms with Crippen LogP contribution < -0.4 is 15.6 Å². The first-order valence-corrected chi connectivity index (χ1v) is 8.84. The number of amides is 1. The summed E-state index contributed by atoms with van der Waals surface area (Å²) in [4.78, 5) is 24.5. The number of rotatable bonds is 5. The minimum atomic E-state index is -0.404. The van der Waals surface area contributed by atoms with Crippen molar-refractivity contribution < 1.29 is 14.3 Å². The number of carbonyl (C=O) groups is 1. The molecule has 2 N–H and O–H groups in total. The molecular formula is C20H19N3O4. The van der Waals surface area contributed by atoms with Crippen LogP contribution in [-0.2, 0) is 4.74 Å². The molecule has 4 rings (SSSR count). The predicted octanol–water partition coefficient (Wildman–Crippen LogP) is 2.73. The highest BCUT2D eigenvalue weighted by Crippen LogP contribution is 2.21. The molecule has 7 heteroatoms. The summed E-state index contributed by atoms with van der Waals surface area (Å²) in [5.41, 5.74) is 0.421. The zero-order chi connectivity index (χ0) is 18.6. The molecule has 0 radical (unpaired) electrons. The third-order valence-electron chi connectivity index (χ3n) is 4.46. The topological polar surface area (TPSA) is 93.3 Å². The lowest BCUT2D eigenvalue weighted by Crippen LogP contribution is -2.19. The molecule has 1 atom stereocenters. The molecule has 7 nitrogen and oxygen atoms in total. The minimum absolute atomic E-state index is 0.125. The van der Waals surface area contributed by atoms with Crippen molar-refractivity contribution in [1.29, 1.82) is 0 Å². The van der Waals surface area contributed by atoms with Gasteiger partial charge in [0, 0.05) is 23.7 Å². The minimum Gasteiger partial charge on any atom is -0.491 e. The Morgan fingerprint density at radius 3 is 2.89 bits per heavy atom. The first kappa shape index (κ1) is 17.2. The number of carbonyl (C=O) groups excluding carboxylic acids is 1. The van der Waals surface area contributed by atoms with Crippen molar-refractivity contribution >= 4 is 22.4 Å². The van der Waals surface area contributed by atoms with Gasteiger partial charge in [0.05, 0.1) is 11.5 Å². The van der Waals surface area contributed by atoms with Crippen LogP contribution in [0.4, 0.5) is 5.69 Å². The largest absolute Gasteiger partial charge is 0.491 e. The smallest absolute Gasteiger partial charge is 0.276 e. The highest BCUT2D eigenvalue weighted by atomic mass is 16.5. The first-order valence-electron chi connectivity index (χ1n) is 8.84. The van der Waals surface area contributed by atoms with Gasteiger partial charge in [-0.15, -0.1) is 0 Å². The van der Waals surface area contributed by atoms with E-state index in [1.807, 2.05) is 6.07 Å². The highest BCUT2D eigenvalue weighted by molar-refractivity contribution is 6.11. The van der Waals surface area contributed by atoms with Gasteiger partial charge in [-0.05, 0) is 31.0 Å². The van der Waals surface area contributed by atoms with Gasteiger partial charge in [-0.25, -0.2) is 5.10 Å². The van der Waals surface area contributed by atoms with E-state index in [1.165, 1.54) is 0 Å². The van der Waals surface area contributed by atoms with Crippen molar-refractivity contribution in [2.75, 3.05) is 18.5 Å². The normalized spacial score (nSPS) is 16.4. The summed E-state index contributed by atoms with van der Waals surface area (Å²) in [6.07, 6.45) is 2.19. The number of hydrogen-bond donors (Lipinski definition) is 2. The lowest BCUT2D eigenvalue weighted by Gasteiger charge is -2.12. The number of aromatic amines is 1. The van der Waals surface area contributed by atoms with Crippen LogP contribution in [0, 0.1) is 0 Å². The maximum atomic E-state index is 12.7. The lowest BCUT2D eigenvalue weighted by atomic mass is 10.1. The van der Waals surface area contributed by atoms with E-state index in [0.717, 1.165) is 19.4 Å². The van der Waals surface area contributed by atoms with Gasteiger partial charge in [-0.2, -0.15) is 5.10 Å². The maximum Gasteiger partial charge on any atom is 0.276 e. The molecule has 2 aromatic carbocycles. The fourth-order valence-electron chi connectivity index (χ4n) is 3.11. The number of hydrogen-bond acceptors (Lipinski definition) is 5. The molecule has 2 heterocycles. The Bertz CT molecular complexity index is 1020. The van der Waals surface area contributed by atoms with Gasteiger partial charge in [-0.1, -0.05) is 24.3 Å². The molecule has 0 spiro atoms. The van der Waals surface area contributed by atoms with Crippen LogP contribution in [-0.4, -0.2) is 35.4 Å². The molecule has 0 saturated carbocycles. The number of aromatic nitrogens is 2. The number of H-pyrrole nitrogens is 1. The van der Waals surface area contributed by atoms with Crippen molar-refractivity contribution in [3.05, 3.63) is 64.6 Å². The Kier molecular flexibility index (Phi) is 4.84. The zero-order valence-electron chi connectivity index (χ0n) is 14.6. The first-order chi connectivity index (χ1) is 13.2. The molecule has 1 aromatic heterocycles. The standard InChI is InChI=1S/C20H19N3O4/c24-19-17-9-2-1-8-16(17)18(22-23-19)20(25)21-13-5-3-6-14(11-13)27-12-15-7-4-10-26-15/h1-3,5-6,8-9,11,15H,4,7,10,12H2,(H,21,25)(H,23,24). The Balaban J connectivity index is 1.51. The maximum absolute atomic E-state index is 12.7. The predicted molar refractivity (Wildman–Crippen MR) is 101 cm³/mol. The quantitative estimate of drug-likeness (QED) is 0.725. The molecule has 1 amide bonds. The van der Waals surface area contributed by atoms with Crippen LogP contribution in [0.25, 0.3) is 10.8 Å². The Labute approximate surface area is 155 Å². The Morgan fingerprint density at radius 2 is 2.07 bits per heavy atom. The fourth-order valence-corrected chi connectivity index (χ4v) is 3.11. The third-order valence-corrected chi connectivity index (χ3v) is 4.46. The molecule has 27 heavy (non-hydrogen) atoms. The zero-order valence-corrected chi connectivity index (χ0v) is 14.6. The van der Waals surface area contributed by atoms with Crippen molar-refractivity contribution in [3.8, 4) is 5.75 Å². The van der Waals surface area contributed by atoms with Crippen molar-refractivity contribution in [2.24, 2.45) is 0 Å². The van der Waals surface area contributed by atoms with Crippen LogP contribution >= 0.6 is 0 Å². The average molecular weight is 365 g/mol. The molecule has 1 aliphatic heterocycles. The number of anilines is 1. The Hall–Kier alpha value is -3.19. The van der Waals surface area contributed by atoms with Crippen LogP contribution in [0.3, 0.4) is 0 Å². The number of nitrogens with zero attached hydrogens (tertiary/aromatic N) is 1. The van der Waals surface area contributed by atoms with E-state index >= 15 is 0 Å². The van der Waals surface area contributed by atoms with Crippen LogP contribution in [0.5, 0.6) is 5.75 Å². The summed E-state index contributed by atoms with van der Waals surface area (Å²) >= 11 is 0. The lowest BCUT2D eigenvalue weighted by molar-refractivity contribution is 0.0680. The Morgan fingerprint density at radius 1 is 1.22 bits per heavy atom. The summed E-state index contributed by atoms with van der Waals surface area (Å²) in [7, 11) is 0. The van der Waals surface area contributed by atoms with E-state index in [-0.39, 0.29) is 17.4 Å². The molecule has 0 bridgehead atoms.